The molecule has 0 atom stereocenters. The van der Waals surface area contributed by atoms with Gasteiger partial charge in [0.25, 0.3) is 0 Å². The first-order valence-electron chi connectivity index (χ1n) is 1.99. The van der Waals surface area contributed by atoms with Crippen LogP contribution in [0, 0.1) is 10.1 Å². The van der Waals surface area contributed by atoms with Crippen molar-refractivity contribution in [1.29, 1.82) is 0 Å². The number of nitro groups is 1. The van der Waals surface area contributed by atoms with E-state index in [1.165, 1.54) is 0 Å². The molecule has 0 fully saturated rings. The monoisotopic (exact) mass is 130 g/mol. The summed E-state index contributed by atoms with van der Waals surface area (Å²) in [5, 5.41) is 11.9. The van der Waals surface area contributed by atoms with E-state index >= 15 is 0 Å². The minimum absolute atomic E-state index is 0.111. The van der Waals surface area contributed by atoms with Crippen molar-refractivity contribution in [2.24, 2.45) is 0 Å². The van der Waals surface area contributed by atoms with Crippen molar-refractivity contribution < 1.29 is 5.03 Å². The molecule has 1 rings (SSSR count). The SMILES string of the molecule is O=c1[nH]cnn1[N+](=O)[O-]. The summed E-state index contributed by atoms with van der Waals surface area (Å²) in [5.74, 6) is 0. The van der Waals surface area contributed by atoms with Crippen LogP contribution < -0.4 is 5.69 Å². The quantitative estimate of drug-likeness (QED) is 0.374. The Morgan fingerprint density at radius 3 is 2.78 bits per heavy atom. The maximum absolute atomic E-state index is 10.3. The van der Waals surface area contributed by atoms with Crippen LogP contribution in [0.5, 0.6) is 0 Å². The molecule has 1 aromatic heterocycles. The summed E-state index contributed by atoms with van der Waals surface area (Å²) in [6.45, 7) is 0. The van der Waals surface area contributed by atoms with Gasteiger partial charge in [-0.2, -0.15) is 0 Å². The average Bonchev–Trinajstić information content (AvgIpc) is 2.13. The molecule has 9 heavy (non-hydrogen) atoms. The molecule has 0 aliphatic heterocycles. The maximum atomic E-state index is 10.3. The van der Waals surface area contributed by atoms with Crippen molar-refractivity contribution in [3.05, 3.63) is 26.9 Å². The normalized spacial score (nSPS) is 9.33. The van der Waals surface area contributed by atoms with E-state index in [9.17, 15) is 14.9 Å². The van der Waals surface area contributed by atoms with Crippen molar-refractivity contribution in [3.8, 4) is 0 Å². The highest BCUT2D eigenvalue weighted by atomic mass is 16.7. The van der Waals surface area contributed by atoms with Gasteiger partial charge in [0.2, 0.25) is 6.33 Å². The molecule has 0 saturated carbocycles. The van der Waals surface area contributed by atoms with E-state index in [1.807, 2.05) is 4.98 Å². The number of aromatic nitrogens is 3. The predicted molar refractivity (Wildman–Crippen MR) is 25.2 cm³/mol. The first-order chi connectivity index (χ1) is 4.22. The molecule has 1 N–H and O–H groups in total. The summed E-state index contributed by atoms with van der Waals surface area (Å²) >= 11 is 0. The highest BCUT2D eigenvalue weighted by Crippen LogP contribution is 1.65. The van der Waals surface area contributed by atoms with Crippen molar-refractivity contribution in [2.75, 3.05) is 0 Å². The number of rotatable bonds is 1. The molecule has 0 aromatic carbocycles. The van der Waals surface area contributed by atoms with Crippen molar-refractivity contribution in [3.63, 3.8) is 0 Å². The lowest BCUT2D eigenvalue weighted by Gasteiger charge is -1.83. The van der Waals surface area contributed by atoms with E-state index in [1.54, 1.807) is 0 Å². The topological polar surface area (TPSA) is 93.8 Å². The summed E-state index contributed by atoms with van der Waals surface area (Å²) in [5.41, 5.74) is -0.847. The third-order valence-electron chi connectivity index (χ3n) is 0.691. The van der Waals surface area contributed by atoms with Gasteiger partial charge in [0, 0.05) is 0 Å². The molecular weight excluding hydrogens is 128 g/mol. The third-order valence-corrected chi connectivity index (χ3v) is 0.691. The standard InChI is InChI=1S/C2H2N4O3/c7-2-3-1-4-5(2)6(8)9/h1H,(H,3,4,7). The average molecular weight is 130 g/mol. The van der Waals surface area contributed by atoms with Gasteiger partial charge in [0.05, 0.1) is 14.9 Å². The van der Waals surface area contributed by atoms with E-state index in [-0.39, 0.29) is 4.79 Å². The van der Waals surface area contributed by atoms with Gasteiger partial charge in [-0.3, -0.25) is 4.98 Å². The second-order valence-electron chi connectivity index (χ2n) is 1.22. The fraction of sp³-hybridized carbons (Fsp3) is 0. The van der Waals surface area contributed by atoms with Crippen LogP contribution in [0.3, 0.4) is 0 Å². The van der Waals surface area contributed by atoms with Crippen LogP contribution in [0.2, 0.25) is 0 Å². The predicted octanol–water partition coefficient (Wildman–Crippen LogP) is -1.39. The van der Waals surface area contributed by atoms with Crippen LogP contribution >= 0.6 is 0 Å². The van der Waals surface area contributed by atoms with Gasteiger partial charge in [0.1, 0.15) is 0 Å². The van der Waals surface area contributed by atoms with Gasteiger partial charge in [-0.25, -0.2) is 4.79 Å². The van der Waals surface area contributed by atoms with Gasteiger partial charge in [-0.1, -0.05) is 0 Å². The Balaban J connectivity index is 3.24. The fourth-order valence-corrected chi connectivity index (χ4v) is 0.365. The molecule has 0 saturated heterocycles. The van der Waals surface area contributed by atoms with Crippen molar-refractivity contribution >= 4 is 0 Å². The largest absolute Gasteiger partial charge is 0.409 e. The first-order valence-corrected chi connectivity index (χ1v) is 1.99. The molecule has 1 heterocycles. The summed E-state index contributed by atoms with van der Waals surface area (Å²) in [6.07, 6.45) is 0.950. The fourth-order valence-electron chi connectivity index (χ4n) is 0.365. The number of hydrogen-bond donors (Lipinski definition) is 1. The van der Waals surface area contributed by atoms with Gasteiger partial charge >= 0.3 is 5.69 Å². The molecule has 1 aromatic rings. The van der Waals surface area contributed by atoms with Crippen molar-refractivity contribution in [2.45, 2.75) is 0 Å². The number of H-pyrrole nitrogens is 1. The molecule has 0 unspecified atom stereocenters. The lowest BCUT2D eigenvalue weighted by atomic mass is 11.3. The zero-order valence-corrected chi connectivity index (χ0v) is 4.14. The van der Waals surface area contributed by atoms with Crippen LogP contribution in [-0.4, -0.2) is 19.9 Å². The first kappa shape index (κ1) is 5.48. The number of hydrogen-bond acceptors (Lipinski definition) is 4. The van der Waals surface area contributed by atoms with Gasteiger partial charge in [-0.15, -0.1) is 0 Å². The number of nitrogens with zero attached hydrogens (tertiary/aromatic N) is 3. The van der Waals surface area contributed by atoms with E-state index < -0.39 is 10.7 Å². The summed E-state index contributed by atoms with van der Waals surface area (Å²) in [6, 6.07) is 0. The molecule has 0 bridgehead atoms. The van der Waals surface area contributed by atoms with E-state index in [0.29, 0.717) is 0 Å². The molecule has 0 aliphatic rings. The van der Waals surface area contributed by atoms with Gasteiger partial charge < -0.3 is 10.1 Å². The Hall–Kier alpha value is -1.66. The highest BCUT2D eigenvalue weighted by Gasteiger charge is 2.04. The number of aromatic amines is 1. The Labute approximate surface area is 48.0 Å². The van der Waals surface area contributed by atoms with E-state index in [4.69, 9.17) is 0 Å². The van der Waals surface area contributed by atoms with Gasteiger partial charge in [0.15, 0.2) is 0 Å². The lowest BCUT2D eigenvalue weighted by Crippen LogP contribution is -2.24. The summed E-state index contributed by atoms with van der Waals surface area (Å²) in [7, 11) is 0. The maximum Gasteiger partial charge on any atom is 0.409 e. The van der Waals surface area contributed by atoms with Crippen LogP contribution in [0.15, 0.2) is 11.1 Å². The van der Waals surface area contributed by atoms with Gasteiger partial charge in [-0.05, 0) is 0 Å². The smallest absolute Gasteiger partial charge is 0.339 e. The Morgan fingerprint density at radius 1 is 1.89 bits per heavy atom. The molecule has 48 valence electrons. The zero-order valence-electron chi connectivity index (χ0n) is 4.14. The molecule has 0 spiro atoms. The Kier molecular flexibility index (Phi) is 1.03. The molecule has 7 heteroatoms. The summed E-state index contributed by atoms with van der Waals surface area (Å²) in [4.78, 5) is 22.1. The second kappa shape index (κ2) is 1.69. The highest BCUT2D eigenvalue weighted by molar-refractivity contribution is 4.52. The van der Waals surface area contributed by atoms with E-state index in [0.717, 1.165) is 6.33 Å². The summed E-state index contributed by atoms with van der Waals surface area (Å²) < 4.78 is 0. The van der Waals surface area contributed by atoms with Crippen molar-refractivity contribution in [1.82, 2.24) is 14.9 Å². The van der Waals surface area contributed by atoms with Crippen LogP contribution in [0.1, 0.15) is 0 Å². The zero-order chi connectivity index (χ0) is 6.85. The molecule has 0 radical (unpaired) electrons. The molecule has 0 amide bonds. The molecule has 0 aliphatic carbocycles. The van der Waals surface area contributed by atoms with Crippen LogP contribution in [0.4, 0.5) is 0 Å². The van der Waals surface area contributed by atoms with E-state index in [2.05, 4.69) is 5.10 Å². The number of nitrogens with one attached hydrogen (secondary N) is 1. The third kappa shape index (κ3) is 0.784. The minimum Gasteiger partial charge on any atom is -0.339 e. The lowest BCUT2D eigenvalue weighted by molar-refractivity contribution is -0.555. The van der Waals surface area contributed by atoms with Crippen LogP contribution in [-0.2, 0) is 0 Å². The Bertz CT molecular complexity index is 271. The Morgan fingerprint density at radius 2 is 2.56 bits per heavy atom. The molecule has 7 nitrogen and oxygen atoms in total. The molecular formula is C2H2N4O3. The minimum atomic E-state index is -0.918. The second-order valence-corrected chi connectivity index (χ2v) is 1.22. The van der Waals surface area contributed by atoms with Crippen LogP contribution in [0.25, 0.3) is 0 Å².